The van der Waals surface area contributed by atoms with Gasteiger partial charge in [-0.05, 0) is 71.1 Å². The molecule has 11 aromatic rings. The number of nitrogens with zero attached hydrogens (tertiary/aromatic N) is 4. The van der Waals surface area contributed by atoms with Gasteiger partial charge in [-0.25, -0.2) is 9.97 Å². The van der Waals surface area contributed by atoms with E-state index in [2.05, 4.69) is 130 Å². The summed E-state index contributed by atoms with van der Waals surface area (Å²) in [7, 11) is 0. The summed E-state index contributed by atoms with van der Waals surface area (Å²) in [5.74, 6) is 0.822. The maximum Gasteiger partial charge on any atom is 0.221 e. The molecular formula is C42H24N4O. The van der Waals surface area contributed by atoms with Crippen LogP contribution in [0.15, 0.2) is 150 Å². The Labute approximate surface area is 267 Å². The SMILES string of the molecule is c1ccc2c(c1)nc(-n1c3ccccc3c3cc(-c4ccc5oc6ccccc6c5c4)c4ccccc4c31)n1c3ccccc3nc21. The van der Waals surface area contributed by atoms with Crippen molar-refractivity contribution < 1.29 is 4.42 Å². The molecule has 4 heterocycles. The fourth-order valence-electron chi connectivity index (χ4n) is 7.64. The molecule has 218 valence electrons. The van der Waals surface area contributed by atoms with Gasteiger partial charge in [0.2, 0.25) is 5.95 Å². The maximum atomic E-state index is 6.18. The quantitative estimate of drug-likeness (QED) is 0.198. The van der Waals surface area contributed by atoms with Crippen LogP contribution in [0.25, 0.3) is 99.2 Å². The van der Waals surface area contributed by atoms with E-state index in [1.165, 1.54) is 27.1 Å². The number of benzene rings is 7. The van der Waals surface area contributed by atoms with E-state index in [1.54, 1.807) is 0 Å². The fourth-order valence-corrected chi connectivity index (χ4v) is 7.64. The Morgan fingerprint density at radius 2 is 1.11 bits per heavy atom. The molecule has 0 aliphatic rings. The van der Waals surface area contributed by atoms with Crippen molar-refractivity contribution in [3.63, 3.8) is 0 Å². The summed E-state index contributed by atoms with van der Waals surface area (Å²) in [6.45, 7) is 0. The first-order valence-electron chi connectivity index (χ1n) is 15.8. The zero-order valence-corrected chi connectivity index (χ0v) is 25.1. The topological polar surface area (TPSA) is 48.3 Å². The van der Waals surface area contributed by atoms with Crippen LogP contribution < -0.4 is 0 Å². The molecular weight excluding hydrogens is 576 g/mol. The molecule has 0 saturated heterocycles. The van der Waals surface area contributed by atoms with Gasteiger partial charge in [0.25, 0.3) is 0 Å². The van der Waals surface area contributed by atoms with Gasteiger partial charge in [0.15, 0.2) is 0 Å². The van der Waals surface area contributed by atoms with Crippen molar-refractivity contribution in [2.24, 2.45) is 0 Å². The van der Waals surface area contributed by atoms with E-state index in [-0.39, 0.29) is 0 Å². The normalized spacial score (nSPS) is 12.3. The van der Waals surface area contributed by atoms with Crippen molar-refractivity contribution in [2.45, 2.75) is 0 Å². The van der Waals surface area contributed by atoms with Gasteiger partial charge in [-0.1, -0.05) is 91.0 Å². The number of aromatic nitrogens is 4. The highest BCUT2D eigenvalue weighted by Gasteiger charge is 2.22. The lowest BCUT2D eigenvalue weighted by molar-refractivity contribution is 0.669. The summed E-state index contributed by atoms with van der Waals surface area (Å²) in [6, 6.07) is 51.2. The molecule has 4 aromatic heterocycles. The molecule has 0 aliphatic heterocycles. The summed E-state index contributed by atoms with van der Waals surface area (Å²) in [6.07, 6.45) is 0. The number of fused-ring (bicyclic) bond motifs is 13. The highest BCUT2D eigenvalue weighted by atomic mass is 16.3. The van der Waals surface area contributed by atoms with Crippen molar-refractivity contribution in [1.29, 1.82) is 0 Å². The van der Waals surface area contributed by atoms with Gasteiger partial charge in [-0.3, -0.25) is 8.97 Å². The van der Waals surface area contributed by atoms with Gasteiger partial charge >= 0.3 is 0 Å². The Balaban J connectivity index is 1.31. The van der Waals surface area contributed by atoms with Gasteiger partial charge < -0.3 is 4.42 Å². The van der Waals surface area contributed by atoms with E-state index in [0.717, 1.165) is 72.1 Å². The predicted molar refractivity (Wildman–Crippen MR) is 193 cm³/mol. The molecule has 0 spiro atoms. The molecule has 0 N–H and O–H groups in total. The summed E-state index contributed by atoms with van der Waals surface area (Å²) in [5, 5.41) is 7.99. The van der Waals surface area contributed by atoms with Gasteiger partial charge in [-0.15, -0.1) is 0 Å². The first-order valence-corrected chi connectivity index (χ1v) is 15.8. The zero-order chi connectivity index (χ0) is 30.6. The summed E-state index contributed by atoms with van der Waals surface area (Å²) >= 11 is 0. The molecule has 11 rings (SSSR count). The minimum atomic E-state index is 0.822. The van der Waals surface area contributed by atoms with Crippen LogP contribution in [0.2, 0.25) is 0 Å². The highest BCUT2D eigenvalue weighted by molar-refractivity contribution is 6.22. The molecule has 0 atom stereocenters. The van der Waals surface area contributed by atoms with Crippen LogP contribution in [0.5, 0.6) is 0 Å². The smallest absolute Gasteiger partial charge is 0.221 e. The molecule has 0 fully saturated rings. The summed E-state index contributed by atoms with van der Waals surface area (Å²) in [5.41, 5.74) is 10.2. The van der Waals surface area contributed by atoms with Crippen LogP contribution in [0.1, 0.15) is 0 Å². The third-order valence-corrected chi connectivity index (χ3v) is 9.69. The lowest BCUT2D eigenvalue weighted by Gasteiger charge is -2.15. The lowest BCUT2D eigenvalue weighted by Crippen LogP contribution is -2.06. The number of hydrogen-bond acceptors (Lipinski definition) is 3. The number of para-hydroxylation sites is 5. The van der Waals surface area contributed by atoms with E-state index in [1.807, 2.05) is 24.3 Å². The first-order chi connectivity index (χ1) is 23.3. The van der Waals surface area contributed by atoms with E-state index in [9.17, 15) is 0 Å². The zero-order valence-electron chi connectivity index (χ0n) is 25.1. The Morgan fingerprint density at radius 1 is 0.447 bits per heavy atom. The van der Waals surface area contributed by atoms with Crippen LogP contribution in [0, 0.1) is 0 Å². The average Bonchev–Trinajstić information content (AvgIpc) is 3.81. The highest BCUT2D eigenvalue weighted by Crippen LogP contribution is 2.43. The van der Waals surface area contributed by atoms with Crippen molar-refractivity contribution in [2.75, 3.05) is 0 Å². The van der Waals surface area contributed by atoms with Gasteiger partial charge in [0, 0.05) is 32.3 Å². The standard InChI is InChI=1S/C42H24N4O/c1-2-14-29-26(11-1)31(25-21-22-39-32(23-25)28-13-5-10-20-38(28)47-39)24-33-27-12-4-8-18-36(27)45(40(29)33)42-44-34-16-6-3-15-30(34)41-43-35-17-7-9-19-37(35)46(41)42/h1-24H. The van der Waals surface area contributed by atoms with Crippen molar-refractivity contribution >= 4 is 82.1 Å². The minimum absolute atomic E-state index is 0.822. The summed E-state index contributed by atoms with van der Waals surface area (Å²) < 4.78 is 10.8. The van der Waals surface area contributed by atoms with Crippen LogP contribution in [-0.4, -0.2) is 18.9 Å². The molecule has 5 heteroatoms. The van der Waals surface area contributed by atoms with Crippen molar-refractivity contribution in [3.05, 3.63) is 146 Å². The number of furan rings is 1. The van der Waals surface area contributed by atoms with E-state index >= 15 is 0 Å². The number of imidazole rings is 1. The Hall–Kier alpha value is -6.46. The molecule has 0 amide bonds. The van der Waals surface area contributed by atoms with Gasteiger partial charge in [0.05, 0.1) is 27.6 Å². The number of hydrogen-bond donors (Lipinski definition) is 0. The Morgan fingerprint density at radius 3 is 1.98 bits per heavy atom. The van der Waals surface area contributed by atoms with E-state index < -0.39 is 0 Å². The minimum Gasteiger partial charge on any atom is -0.456 e. The maximum absolute atomic E-state index is 6.18. The molecule has 0 bridgehead atoms. The molecule has 0 radical (unpaired) electrons. The molecule has 47 heavy (non-hydrogen) atoms. The second kappa shape index (κ2) is 9.05. The third-order valence-electron chi connectivity index (χ3n) is 9.69. The second-order valence-electron chi connectivity index (χ2n) is 12.2. The average molecular weight is 601 g/mol. The van der Waals surface area contributed by atoms with Crippen molar-refractivity contribution in [1.82, 2.24) is 18.9 Å². The van der Waals surface area contributed by atoms with Crippen LogP contribution >= 0.6 is 0 Å². The molecule has 0 aliphatic carbocycles. The second-order valence-corrected chi connectivity index (χ2v) is 12.2. The van der Waals surface area contributed by atoms with Gasteiger partial charge in [0.1, 0.15) is 16.8 Å². The van der Waals surface area contributed by atoms with Crippen LogP contribution in [0.4, 0.5) is 0 Å². The van der Waals surface area contributed by atoms with E-state index in [0.29, 0.717) is 0 Å². The van der Waals surface area contributed by atoms with Crippen LogP contribution in [0.3, 0.4) is 0 Å². The Bertz CT molecular complexity index is 3090. The van der Waals surface area contributed by atoms with E-state index in [4.69, 9.17) is 14.4 Å². The Kier molecular flexibility index (Phi) is 4.78. The molecule has 0 saturated carbocycles. The van der Waals surface area contributed by atoms with Crippen LogP contribution in [-0.2, 0) is 0 Å². The fraction of sp³-hybridized carbons (Fsp3) is 0. The first kappa shape index (κ1) is 24.8. The van der Waals surface area contributed by atoms with Gasteiger partial charge in [-0.2, -0.15) is 0 Å². The number of rotatable bonds is 2. The lowest BCUT2D eigenvalue weighted by atomic mass is 9.94. The molecule has 7 aromatic carbocycles. The monoisotopic (exact) mass is 600 g/mol. The molecule has 0 unspecified atom stereocenters. The molecule has 5 nitrogen and oxygen atoms in total. The van der Waals surface area contributed by atoms with Crippen molar-refractivity contribution in [3.8, 4) is 17.1 Å². The largest absolute Gasteiger partial charge is 0.456 e. The third kappa shape index (κ3) is 3.32. The predicted octanol–water partition coefficient (Wildman–Crippen LogP) is 10.9. The summed E-state index contributed by atoms with van der Waals surface area (Å²) in [4.78, 5) is 10.5.